The molecule has 0 heterocycles. The van der Waals surface area contributed by atoms with Crippen molar-refractivity contribution in [2.45, 2.75) is 20.0 Å². The van der Waals surface area contributed by atoms with Gasteiger partial charge in [-0.25, -0.2) is 0 Å². The van der Waals surface area contributed by atoms with Gasteiger partial charge in [-0.2, -0.15) is 0 Å². The Labute approximate surface area is 124 Å². The fourth-order valence-electron chi connectivity index (χ4n) is 1.99. The Morgan fingerprint density at radius 3 is 2.57 bits per heavy atom. The lowest BCUT2D eigenvalue weighted by molar-refractivity contribution is -0.142. The lowest BCUT2D eigenvalue weighted by Gasteiger charge is -2.09. The molecule has 0 amide bonds. The third-order valence-corrected chi connectivity index (χ3v) is 2.89. The first kappa shape index (κ1) is 14.9. The van der Waals surface area contributed by atoms with E-state index >= 15 is 0 Å². The summed E-state index contributed by atoms with van der Waals surface area (Å²) in [6.07, 6.45) is 0.195. The fourth-order valence-corrected chi connectivity index (χ4v) is 1.99. The molecule has 0 spiro atoms. The van der Waals surface area contributed by atoms with Crippen LogP contribution in [0.5, 0.6) is 5.75 Å². The molecule has 4 nitrogen and oxygen atoms in total. The predicted molar refractivity (Wildman–Crippen MR) is 82.0 cm³/mol. The maximum Gasteiger partial charge on any atom is 0.310 e. The van der Waals surface area contributed by atoms with E-state index in [-0.39, 0.29) is 12.4 Å². The highest BCUT2D eigenvalue weighted by Gasteiger charge is 2.07. The summed E-state index contributed by atoms with van der Waals surface area (Å²) in [5, 5.41) is 0. The number of ether oxygens (including phenoxy) is 2. The van der Waals surface area contributed by atoms with Crippen molar-refractivity contribution in [1.82, 2.24) is 0 Å². The first-order chi connectivity index (χ1) is 10.2. The fraction of sp³-hybridized carbons (Fsp3) is 0.235. The molecule has 0 aliphatic heterocycles. The molecule has 2 aromatic rings. The van der Waals surface area contributed by atoms with Crippen LogP contribution in [-0.2, 0) is 22.6 Å². The van der Waals surface area contributed by atoms with Crippen molar-refractivity contribution in [3.8, 4) is 5.75 Å². The van der Waals surface area contributed by atoms with Crippen molar-refractivity contribution in [2.24, 2.45) is 0 Å². The molecule has 4 heteroatoms. The highest BCUT2D eigenvalue weighted by molar-refractivity contribution is 5.73. The van der Waals surface area contributed by atoms with Crippen molar-refractivity contribution in [2.75, 3.05) is 12.3 Å². The maximum absolute atomic E-state index is 11.5. The zero-order chi connectivity index (χ0) is 15.1. The number of esters is 1. The van der Waals surface area contributed by atoms with Gasteiger partial charge in [0.15, 0.2) is 0 Å². The number of carbonyl (C=O) groups is 1. The number of carbonyl (C=O) groups excluding carboxylic acids is 1. The van der Waals surface area contributed by atoms with Gasteiger partial charge in [0.05, 0.1) is 13.0 Å². The SMILES string of the molecule is CCOC(=O)Cc1cc(N)cc(OCc2ccccc2)c1. The van der Waals surface area contributed by atoms with E-state index in [1.807, 2.05) is 36.4 Å². The molecule has 2 N–H and O–H groups in total. The molecule has 0 aromatic heterocycles. The third kappa shape index (κ3) is 4.84. The smallest absolute Gasteiger partial charge is 0.310 e. The first-order valence-electron chi connectivity index (χ1n) is 6.89. The van der Waals surface area contributed by atoms with E-state index in [2.05, 4.69) is 0 Å². The molecule has 0 aliphatic carbocycles. The van der Waals surface area contributed by atoms with Gasteiger partial charge in [0.25, 0.3) is 0 Å². The lowest BCUT2D eigenvalue weighted by Crippen LogP contribution is -2.08. The van der Waals surface area contributed by atoms with E-state index in [4.69, 9.17) is 15.2 Å². The highest BCUT2D eigenvalue weighted by Crippen LogP contribution is 2.20. The van der Waals surface area contributed by atoms with E-state index in [1.54, 1.807) is 19.1 Å². The second kappa shape index (κ2) is 7.33. The van der Waals surface area contributed by atoms with Crippen molar-refractivity contribution >= 4 is 11.7 Å². The number of nitrogens with two attached hydrogens (primary N) is 1. The molecule has 0 unspecified atom stereocenters. The molecule has 0 aliphatic rings. The van der Waals surface area contributed by atoms with Gasteiger partial charge in [-0.15, -0.1) is 0 Å². The quantitative estimate of drug-likeness (QED) is 0.654. The van der Waals surface area contributed by atoms with Crippen molar-refractivity contribution < 1.29 is 14.3 Å². The Hall–Kier alpha value is -2.49. The molecule has 0 fully saturated rings. The van der Waals surface area contributed by atoms with Crippen LogP contribution in [0.25, 0.3) is 0 Å². The van der Waals surface area contributed by atoms with Gasteiger partial charge < -0.3 is 15.2 Å². The van der Waals surface area contributed by atoms with E-state index in [9.17, 15) is 4.79 Å². The molecule has 0 saturated heterocycles. The van der Waals surface area contributed by atoms with Gasteiger partial charge >= 0.3 is 5.97 Å². The number of hydrogen-bond acceptors (Lipinski definition) is 4. The van der Waals surface area contributed by atoms with Crippen molar-refractivity contribution in [3.05, 3.63) is 59.7 Å². The van der Waals surface area contributed by atoms with Crippen LogP contribution < -0.4 is 10.5 Å². The van der Waals surface area contributed by atoms with Crippen LogP contribution >= 0.6 is 0 Å². The molecule has 110 valence electrons. The molecule has 0 bridgehead atoms. The molecule has 2 rings (SSSR count). The van der Waals surface area contributed by atoms with Crippen LogP contribution in [0, 0.1) is 0 Å². The summed E-state index contributed by atoms with van der Waals surface area (Å²) in [4.78, 5) is 11.5. The molecule has 0 saturated carbocycles. The Morgan fingerprint density at radius 2 is 1.86 bits per heavy atom. The zero-order valence-corrected chi connectivity index (χ0v) is 12.0. The molecule has 0 atom stereocenters. The van der Waals surface area contributed by atoms with Crippen LogP contribution in [0.15, 0.2) is 48.5 Å². The minimum atomic E-state index is -0.267. The van der Waals surface area contributed by atoms with Gasteiger partial charge in [0.1, 0.15) is 12.4 Å². The van der Waals surface area contributed by atoms with Gasteiger partial charge in [0, 0.05) is 11.8 Å². The van der Waals surface area contributed by atoms with E-state index < -0.39 is 0 Å². The minimum absolute atomic E-state index is 0.195. The summed E-state index contributed by atoms with van der Waals surface area (Å²) in [5.41, 5.74) is 8.28. The zero-order valence-electron chi connectivity index (χ0n) is 12.0. The number of hydrogen-bond donors (Lipinski definition) is 1. The van der Waals surface area contributed by atoms with Crippen LogP contribution in [-0.4, -0.2) is 12.6 Å². The lowest BCUT2D eigenvalue weighted by atomic mass is 10.1. The normalized spacial score (nSPS) is 10.1. The summed E-state index contributed by atoms with van der Waals surface area (Å²) in [5.74, 6) is 0.385. The molecule has 21 heavy (non-hydrogen) atoms. The second-order valence-corrected chi connectivity index (χ2v) is 4.67. The monoisotopic (exact) mass is 285 g/mol. The number of rotatable bonds is 6. The first-order valence-corrected chi connectivity index (χ1v) is 6.89. The Morgan fingerprint density at radius 1 is 1.10 bits per heavy atom. The van der Waals surface area contributed by atoms with Crippen molar-refractivity contribution in [1.29, 1.82) is 0 Å². The van der Waals surface area contributed by atoms with Crippen LogP contribution in [0.2, 0.25) is 0 Å². The predicted octanol–water partition coefficient (Wildman–Crippen LogP) is 2.95. The second-order valence-electron chi connectivity index (χ2n) is 4.67. The average molecular weight is 285 g/mol. The van der Waals surface area contributed by atoms with E-state index in [0.717, 1.165) is 11.1 Å². The Bertz CT molecular complexity index is 596. The van der Waals surface area contributed by atoms with Gasteiger partial charge in [0.2, 0.25) is 0 Å². The number of anilines is 1. The van der Waals surface area contributed by atoms with Gasteiger partial charge in [-0.05, 0) is 30.2 Å². The Kier molecular flexibility index (Phi) is 5.21. The minimum Gasteiger partial charge on any atom is -0.489 e. The topological polar surface area (TPSA) is 61.5 Å². The molecule has 0 radical (unpaired) electrons. The molecular formula is C17H19NO3. The van der Waals surface area contributed by atoms with Crippen LogP contribution in [0.3, 0.4) is 0 Å². The average Bonchev–Trinajstić information content (AvgIpc) is 2.46. The van der Waals surface area contributed by atoms with Crippen LogP contribution in [0.4, 0.5) is 5.69 Å². The summed E-state index contributed by atoms with van der Waals surface area (Å²) in [7, 11) is 0. The molecule has 2 aromatic carbocycles. The highest BCUT2D eigenvalue weighted by atomic mass is 16.5. The summed E-state index contributed by atoms with van der Waals surface area (Å²) < 4.78 is 10.7. The van der Waals surface area contributed by atoms with Gasteiger partial charge in [-0.3, -0.25) is 4.79 Å². The number of benzene rings is 2. The van der Waals surface area contributed by atoms with Crippen LogP contribution in [0.1, 0.15) is 18.1 Å². The summed E-state index contributed by atoms with van der Waals surface area (Å²) >= 11 is 0. The maximum atomic E-state index is 11.5. The number of nitrogen functional groups attached to an aromatic ring is 1. The summed E-state index contributed by atoms with van der Waals surface area (Å²) in [6, 6.07) is 15.2. The Balaban J connectivity index is 2.03. The van der Waals surface area contributed by atoms with Crippen molar-refractivity contribution in [3.63, 3.8) is 0 Å². The van der Waals surface area contributed by atoms with E-state index in [0.29, 0.717) is 24.7 Å². The largest absolute Gasteiger partial charge is 0.489 e. The van der Waals surface area contributed by atoms with Gasteiger partial charge in [-0.1, -0.05) is 30.3 Å². The third-order valence-electron chi connectivity index (χ3n) is 2.89. The summed E-state index contributed by atoms with van der Waals surface area (Å²) in [6.45, 7) is 2.62. The standard InChI is InChI=1S/C17H19NO3/c1-2-20-17(19)10-14-8-15(18)11-16(9-14)21-12-13-6-4-3-5-7-13/h3-9,11H,2,10,12,18H2,1H3. The molecular weight excluding hydrogens is 266 g/mol. The van der Waals surface area contributed by atoms with E-state index in [1.165, 1.54) is 0 Å².